The Labute approximate surface area is 61.9 Å². The quantitative estimate of drug-likeness (QED) is 0.556. The van der Waals surface area contributed by atoms with E-state index in [2.05, 4.69) is 0 Å². The van der Waals surface area contributed by atoms with E-state index in [1.165, 1.54) is 6.92 Å². The molecule has 3 heteroatoms. The van der Waals surface area contributed by atoms with Crippen molar-refractivity contribution in [2.24, 2.45) is 0 Å². The van der Waals surface area contributed by atoms with Crippen molar-refractivity contribution in [1.29, 1.82) is 0 Å². The van der Waals surface area contributed by atoms with Crippen LogP contribution in [0.3, 0.4) is 0 Å². The molecule has 0 aromatic rings. The molecule has 1 amide bonds. The Bertz CT molecular complexity index is 132. The van der Waals surface area contributed by atoms with Crippen LogP contribution in [0.4, 0.5) is 0 Å². The molecule has 0 fully saturated rings. The first-order valence-electron chi connectivity index (χ1n) is 3.38. The summed E-state index contributed by atoms with van der Waals surface area (Å²) < 4.78 is 0.247. The summed E-state index contributed by atoms with van der Waals surface area (Å²) in [5.41, 5.74) is 0. The highest BCUT2D eigenvalue weighted by atomic mass is 16.3. The Morgan fingerprint density at radius 1 is 1.60 bits per heavy atom. The van der Waals surface area contributed by atoms with Gasteiger partial charge in [-0.1, -0.05) is 0 Å². The number of nitrogens with zero attached hydrogens (tertiary/aromatic N) is 1. The molecule has 0 saturated heterocycles. The molecule has 0 aliphatic rings. The van der Waals surface area contributed by atoms with Crippen molar-refractivity contribution in [1.82, 2.24) is 0 Å². The van der Waals surface area contributed by atoms with Crippen molar-refractivity contribution in [3.63, 3.8) is 0 Å². The van der Waals surface area contributed by atoms with Gasteiger partial charge in [0.25, 0.3) is 0 Å². The van der Waals surface area contributed by atoms with Crippen LogP contribution < -0.4 is 0 Å². The van der Waals surface area contributed by atoms with Crippen molar-refractivity contribution < 1.29 is 14.4 Å². The molecular formula is C7H16NO2+. The second kappa shape index (κ2) is 3.12. The lowest BCUT2D eigenvalue weighted by molar-refractivity contribution is -0.838. The fourth-order valence-corrected chi connectivity index (χ4v) is 0.514. The minimum absolute atomic E-state index is 0.0162. The van der Waals surface area contributed by atoms with Crippen molar-refractivity contribution in [2.45, 2.75) is 19.9 Å². The summed E-state index contributed by atoms with van der Waals surface area (Å²) in [4.78, 5) is 10.9. The van der Waals surface area contributed by atoms with E-state index in [1.54, 1.807) is 14.1 Å². The van der Waals surface area contributed by atoms with Gasteiger partial charge in [0.2, 0.25) is 0 Å². The van der Waals surface area contributed by atoms with E-state index in [9.17, 15) is 4.79 Å². The molecule has 0 heterocycles. The third-order valence-electron chi connectivity index (χ3n) is 2.18. The maximum absolute atomic E-state index is 10.9. The predicted octanol–water partition coefficient (Wildman–Crippen LogP) is -0.00990. The van der Waals surface area contributed by atoms with Crippen LogP contribution in [0.25, 0.3) is 0 Å². The summed E-state index contributed by atoms with van der Waals surface area (Å²) in [5.74, 6) is 0.0709. The summed E-state index contributed by atoms with van der Waals surface area (Å²) in [6, 6.07) is -0.0162. The molecule has 1 atom stereocenters. The molecule has 0 aliphatic carbocycles. The first-order chi connectivity index (χ1) is 4.42. The minimum atomic E-state index is -0.0162. The molecule has 0 saturated carbocycles. The lowest BCUT2D eigenvalue weighted by atomic mass is 10.2. The molecule has 3 nitrogen and oxygen atoms in total. The SMILES string of the molecule is CC(=O)[N+](C)(C)C(C)CO. The van der Waals surface area contributed by atoms with Crippen LogP contribution >= 0.6 is 0 Å². The van der Waals surface area contributed by atoms with Crippen LogP contribution in [-0.4, -0.2) is 42.2 Å². The molecule has 0 bridgehead atoms. The van der Waals surface area contributed by atoms with E-state index in [1.807, 2.05) is 6.92 Å². The summed E-state index contributed by atoms with van der Waals surface area (Å²) in [5, 5.41) is 8.75. The Kier molecular flexibility index (Phi) is 2.99. The van der Waals surface area contributed by atoms with Crippen LogP contribution in [0.5, 0.6) is 0 Å². The minimum Gasteiger partial charge on any atom is -0.390 e. The predicted molar refractivity (Wildman–Crippen MR) is 39.3 cm³/mol. The van der Waals surface area contributed by atoms with Crippen molar-refractivity contribution in [3.05, 3.63) is 0 Å². The maximum atomic E-state index is 10.9. The number of likely N-dealkylation sites (N-methyl/N-ethyl adjacent to an activating group) is 1. The van der Waals surface area contributed by atoms with Crippen molar-refractivity contribution in [2.75, 3.05) is 20.7 Å². The number of aliphatic hydroxyl groups excluding tert-OH is 1. The number of carbonyl (C=O) groups is 1. The Hall–Kier alpha value is -0.410. The number of carbonyl (C=O) groups excluding carboxylic acids is 1. The van der Waals surface area contributed by atoms with Gasteiger partial charge in [-0.2, -0.15) is 0 Å². The zero-order valence-corrected chi connectivity index (χ0v) is 7.09. The largest absolute Gasteiger partial charge is 0.390 e. The van der Waals surface area contributed by atoms with Gasteiger partial charge in [0.05, 0.1) is 27.6 Å². The monoisotopic (exact) mass is 146 g/mol. The van der Waals surface area contributed by atoms with Gasteiger partial charge < -0.3 is 5.11 Å². The summed E-state index contributed by atoms with van der Waals surface area (Å²) in [6.45, 7) is 3.43. The smallest absolute Gasteiger partial charge is 0.310 e. The third kappa shape index (κ3) is 1.78. The Balaban J connectivity index is 4.23. The van der Waals surface area contributed by atoms with Gasteiger partial charge in [0.1, 0.15) is 6.04 Å². The standard InChI is InChI=1S/C7H16NO2/c1-6(5-9)8(3,4)7(2)10/h6,9H,5H2,1-4H3/q+1. The average molecular weight is 146 g/mol. The topological polar surface area (TPSA) is 37.3 Å². The van der Waals surface area contributed by atoms with Gasteiger partial charge in [-0.05, 0) is 6.92 Å². The number of hydrogen-bond donors (Lipinski definition) is 1. The van der Waals surface area contributed by atoms with Crippen LogP contribution in [0.1, 0.15) is 13.8 Å². The van der Waals surface area contributed by atoms with E-state index in [0.29, 0.717) is 0 Å². The first kappa shape index (κ1) is 9.59. The van der Waals surface area contributed by atoms with E-state index >= 15 is 0 Å². The zero-order valence-electron chi connectivity index (χ0n) is 7.09. The Morgan fingerprint density at radius 3 is 2.10 bits per heavy atom. The summed E-state index contributed by atoms with van der Waals surface area (Å²) in [6.07, 6.45) is 0. The van der Waals surface area contributed by atoms with Crippen LogP contribution in [0.15, 0.2) is 0 Å². The second-order valence-corrected chi connectivity index (χ2v) is 3.09. The van der Waals surface area contributed by atoms with Crippen LogP contribution in [-0.2, 0) is 4.79 Å². The molecule has 1 N–H and O–H groups in total. The molecule has 60 valence electrons. The fraction of sp³-hybridized carbons (Fsp3) is 0.857. The maximum Gasteiger partial charge on any atom is 0.310 e. The van der Waals surface area contributed by atoms with Gasteiger partial charge >= 0.3 is 5.91 Å². The molecule has 1 unspecified atom stereocenters. The number of rotatable bonds is 2. The summed E-state index contributed by atoms with van der Waals surface area (Å²) >= 11 is 0. The number of aliphatic hydroxyl groups is 1. The van der Waals surface area contributed by atoms with E-state index in [0.717, 1.165) is 0 Å². The molecule has 0 aromatic carbocycles. The molecular weight excluding hydrogens is 130 g/mol. The highest BCUT2D eigenvalue weighted by molar-refractivity contribution is 5.65. The van der Waals surface area contributed by atoms with Crippen LogP contribution in [0.2, 0.25) is 0 Å². The van der Waals surface area contributed by atoms with E-state index in [4.69, 9.17) is 5.11 Å². The highest BCUT2D eigenvalue weighted by Gasteiger charge is 2.28. The van der Waals surface area contributed by atoms with Gasteiger partial charge in [0, 0.05) is 0 Å². The van der Waals surface area contributed by atoms with Crippen molar-refractivity contribution >= 4 is 5.91 Å². The highest BCUT2D eigenvalue weighted by Crippen LogP contribution is 2.05. The zero-order chi connectivity index (χ0) is 8.36. The number of quaternary nitrogens is 1. The van der Waals surface area contributed by atoms with Gasteiger partial charge in [0.15, 0.2) is 0 Å². The van der Waals surface area contributed by atoms with E-state index in [-0.39, 0.29) is 23.0 Å². The third-order valence-corrected chi connectivity index (χ3v) is 2.18. The average Bonchev–Trinajstić information content (AvgIpc) is 1.86. The van der Waals surface area contributed by atoms with Gasteiger partial charge in [-0.3, -0.25) is 4.48 Å². The first-order valence-corrected chi connectivity index (χ1v) is 3.38. The lowest BCUT2D eigenvalue weighted by Gasteiger charge is -2.30. The van der Waals surface area contributed by atoms with Gasteiger partial charge in [-0.25, -0.2) is 4.79 Å². The fourth-order valence-electron chi connectivity index (χ4n) is 0.514. The number of hydrogen-bond acceptors (Lipinski definition) is 2. The molecule has 0 rings (SSSR count). The Morgan fingerprint density at radius 2 is 2.00 bits per heavy atom. The van der Waals surface area contributed by atoms with Crippen molar-refractivity contribution in [3.8, 4) is 0 Å². The second-order valence-electron chi connectivity index (χ2n) is 3.09. The van der Waals surface area contributed by atoms with Crippen LogP contribution in [0, 0.1) is 0 Å². The van der Waals surface area contributed by atoms with Gasteiger partial charge in [-0.15, -0.1) is 0 Å². The normalized spacial score (nSPS) is 14.9. The van der Waals surface area contributed by atoms with E-state index < -0.39 is 0 Å². The molecule has 0 radical (unpaired) electrons. The summed E-state index contributed by atoms with van der Waals surface area (Å²) in [7, 11) is 3.59. The molecule has 0 aliphatic heterocycles. The number of amides is 1. The molecule has 0 spiro atoms. The molecule has 10 heavy (non-hydrogen) atoms. The molecule has 0 aromatic heterocycles. The lowest BCUT2D eigenvalue weighted by Crippen LogP contribution is -2.52.